The Bertz CT molecular complexity index is 553. The van der Waals surface area contributed by atoms with Crippen LogP contribution in [-0.2, 0) is 10.0 Å². The van der Waals surface area contributed by atoms with Crippen molar-refractivity contribution in [2.75, 3.05) is 13.6 Å². The van der Waals surface area contributed by atoms with Gasteiger partial charge in [0.25, 0.3) is 0 Å². The summed E-state index contributed by atoms with van der Waals surface area (Å²) >= 11 is 0. The normalized spacial score (nSPS) is 17.4. The van der Waals surface area contributed by atoms with Gasteiger partial charge in [-0.1, -0.05) is 19.1 Å². The Morgan fingerprint density at radius 3 is 2.70 bits per heavy atom. The molecule has 1 aliphatic carbocycles. The van der Waals surface area contributed by atoms with Gasteiger partial charge in [0.15, 0.2) is 0 Å². The summed E-state index contributed by atoms with van der Waals surface area (Å²) in [7, 11) is -1.67. The Hall–Kier alpha value is -0.910. The molecule has 20 heavy (non-hydrogen) atoms. The standard InChI is InChI=1S/C15H24N2O2S/c1-4-10-16-12(2)13-6-5-7-15(11-13)20(18,19)17(3)14-8-9-14/h5-7,11-12,14,16H,4,8-10H2,1-3H3. The Morgan fingerprint density at radius 1 is 1.40 bits per heavy atom. The molecule has 4 nitrogen and oxygen atoms in total. The summed E-state index contributed by atoms with van der Waals surface area (Å²) in [5.41, 5.74) is 1.02. The average Bonchev–Trinajstić information content (AvgIpc) is 3.28. The van der Waals surface area contributed by atoms with E-state index in [2.05, 4.69) is 19.2 Å². The van der Waals surface area contributed by atoms with Crippen LogP contribution in [0.3, 0.4) is 0 Å². The van der Waals surface area contributed by atoms with E-state index in [0.717, 1.165) is 31.4 Å². The zero-order valence-electron chi connectivity index (χ0n) is 12.5. The Kier molecular flexibility index (Phi) is 4.83. The number of hydrogen-bond acceptors (Lipinski definition) is 3. The number of nitrogens with zero attached hydrogens (tertiary/aromatic N) is 1. The summed E-state index contributed by atoms with van der Waals surface area (Å²) in [6, 6.07) is 7.64. The Balaban J connectivity index is 2.20. The van der Waals surface area contributed by atoms with Crippen molar-refractivity contribution in [1.82, 2.24) is 9.62 Å². The summed E-state index contributed by atoms with van der Waals surface area (Å²) in [5, 5.41) is 3.38. The molecule has 0 bridgehead atoms. The minimum Gasteiger partial charge on any atom is -0.310 e. The fourth-order valence-corrected chi connectivity index (χ4v) is 3.70. The van der Waals surface area contributed by atoms with Crippen molar-refractivity contribution < 1.29 is 8.42 Å². The summed E-state index contributed by atoms with van der Waals surface area (Å²) in [6.07, 6.45) is 3.01. The van der Waals surface area contributed by atoms with Gasteiger partial charge in [-0.05, 0) is 50.4 Å². The van der Waals surface area contributed by atoms with E-state index in [1.807, 2.05) is 12.1 Å². The summed E-state index contributed by atoms with van der Waals surface area (Å²) in [4.78, 5) is 0.398. The fourth-order valence-electron chi connectivity index (χ4n) is 2.22. The molecular formula is C15H24N2O2S. The molecule has 0 heterocycles. The van der Waals surface area contributed by atoms with Gasteiger partial charge in [-0.2, -0.15) is 4.31 Å². The maximum absolute atomic E-state index is 12.5. The summed E-state index contributed by atoms with van der Waals surface area (Å²) < 4.78 is 26.5. The molecule has 0 amide bonds. The lowest BCUT2D eigenvalue weighted by Gasteiger charge is -2.18. The Labute approximate surface area is 122 Å². The molecule has 112 valence electrons. The molecule has 0 radical (unpaired) electrons. The maximum Gasteiger partial charge on any atom is 0.243 e. The third-order valence-electron chi connectivity index (χ3n) is 3.80. The molecular weight excluding hydrogens is 272 g/mol. The van der Waals surface area contributed by atoms with Crippen LogP contribution < -0.4 is 5.32 Å². The van der Waals surface area contributed by atoms with Crippen LogP contribution in [0.1, 0.15) is 44.7 Å². The molecule has 0 saturated heterocycles. The second kappa shape index (κ2) is 6.24. The zero-order chi connectivity index (χ0) is 14.8. The number of benzene rings is 1. The molecule has 5 heteroatoms. The van der Waals surface area contributed by atoms with E-state index in [1.165, 1.54) is 4.31 Å². The van der Waals surface area contributed by atoms with E-state index < -0.39 is 10.0 Å². The van der Waals surface area contributed by atoms with Crippen LogP contribution in [0.5, 0.6) is 0 Å². The van der Waals surface area contributed by atoms with Gasteiger partial charge in [-0.3, -0.25) is 0 Å². The van der Waals surface area contributed by atoms with Crippen molar-refractivity contribution in [1.29, 1.82) is 0 Å². The molecule has 0 aromatic heterocycles. The van der Waals surface area contributed by atoms with Gasteiger partial charge >= 0.3 is 0 Å². The highest BCUT2D eigenvalue weighted by Crippen LogP contribution is 2.31. The molecule has 1 unspecified atom stereocenters. The zero-order valence-corrected chi connectivity index (χ0v) is 13.3. The predicted octanol–water partition coefficient (Wildman–Crippen LogP) is 2.53. The van der Waals surface area contributed by atoms with Crippen LogP contribution in [0, 0.1) is 0 Å². The van der Waals surface area contributed by atoms with E-state index in [1.54, 1.807) is 19.2 Å². The third kappa shape index (κ3) is 3.40. The minimum absolute atomic E-state index is 0.163. The first-order chi connectivity index (χ1) is 9.46. The van der Waals surface area contributed by atoms with Crippen molar-refractivity contribution in [2.24, 2.45) is 0 Å². The lowest BCUT2D eigenvalue weighted by molar-refractivity contribution is 0.464. The molecule has 1 N–H and O–H groups in total. The molecule has 2 rings (SSSR count). The monoisotopic (exact) mass is 296 g/mol. The lowest BCUT2D eigenvalue weighted by Crippen LogP contribution is -2.29. The quantitative estimate of drug-likeness (QED) is 0.841. The first-order valence-electron chi connectivity index (χ1n) is 7.28. The van der Waals surface area contributed by atoms with Gasteiger partial charge in [-0.25, -0.2) is 8.42 Å². The third-order valence-corrected chi connectivity index (χ3v) is 5.70. The minimum atomic E-state index is -3.35. The van der Waals surface area contributed by atoms with E-state index in [9.17, 15) is 8.42 Å². The van der Waals surface area contributed by atoms with Crippen LogP contribution >= 0.6 is 0 Å². The number of hydrogen-bond donors (Lipinski definition) is 1. The van der Waals surface area contributed by atoms with E-state index in [4.69, 9.17) is 0 Å². The molecule has 1 fully saturated rings. The first-order valence-corrected chi connectivity index (χ1v) is 8.72. The first kappa shape index (κ1) is 15.5. The van der Waals surface area contributed by atoms with Gasteiger partial charge in [-0.15, -0.1) is 0 Å². The van der Waals surface area contributed by atoms with Gasteiger partial charge < -0.3 is 5.32 Å². The van der Waals surface area contributed by atoms with Crippen LogP contribution in [0.25, 0.3) is 0 Å². The largest absolute Gasteiger partial charge is 0.310 e. The maximum atomic E-state index is 12.5. The van der Waals surface area contributed by atoms with Crippen molar-refractivity contribution in [2.45, 2.75) is 50.1 Å². The highest BCUT2D eigenvalue weighted by atomic mass is 32.2. The number of nitrogens with one attached hydrogen (secondary N) is 1. The van der Waals surface area contributed by atoms with Gasteiger partial charge in [0, 0.05) is 19.1 Å². The molecule has 1 atom stereocenters. The van der Waals surface area contributed by atoms with Crippen molar-refractivity contribution in [3.8, 4) is 0 Å². The van der Waals surface area contributed by atoms with Crippen LogP contribution in [0.4, 0.5) is 0 Å². The lowest BCUT2D eigenvalue weighted by atomic mass is 10.1. The number of rotatable bonds is 7. The fraction of sp³-hybridized carbons (Fsp3) is 0.600. The van der Waals surface area contributed by atoms with E-state index in [0.29, 0.717) is 4.90 Å². The van der Waals surface area contributed by atoms with Gasteiger partial charge in [0.05, 0.1) is 4.90 Å². The number of sulfonamides is 1. The van der Waals surface area contributed by atoms with Crippen LogP contribution in [0.15, 0.2) is 29.2 Å². The molecule has 0 spiro atoms. The van der Waals surface area contributed by atoms with Crippen molar-refractivity contribution in [3.63, 3.8) is 0 Å². The SMILES string of the molecule is CCCNC(C)c1cccc(S(=O)(=O)N(C)C2CC2)c1. The topological polar surface area (TPSA) is 49.4 Å². The van der Waals surface area contributed by atoms with Crippen molar-refractivity contribution >= 4 is 10.0 Å². The molecule has 1 saturated carbocycles. The van der Waals surface area contributed by atoms with E-state index in [-0.39, 0.29) is 12.1 Å². The van der Waals surface area contributed by atoms with Gasteiger partial charge in [0.1, 0.15) is 0 Å². The summed E-state index contributed by atoms with van der Waals surface area (Å²) in [5.74, 6) is 0. The predicted molar refractivity (Wildman–Crippen MR) is 81.1 cm³/mol. The second-order valence-electron chi connectivity index (χ2n) is 5.50. The van der Waals surface area contributed by atoms with E-state index >= 15 is 0 Å². The molecule has 0 aliphatic heterocycles. The smallest absolute Gasteiger partial charge is 0.243 e. The highest BCUT2D eigenvalue weighted by Gasteiger charge is 2.35. The molecule has 1 aliphatic rings. The van der Waals surface area contributed by atoms with Gasteiger partial charge in [0.2, 0.25) is 10.0 Å². The molecule has 1 aromatic carbocycles. The second-order valence-corrected chi connectivity index (χ2v) is 7.50. The Morgan fingerprint density at radius 2 is 2.10 bits per heavy atom. The van der Waals surface area contributed by atoms with Crippen molar-refractivity contribution in [3.05, 3.63) is 29.8 Å². The van der Waals surface area contributed by atoms with Crippen LogP contribution in [0.2, 0.25) is 0 Å². The summed E-state index contributed by atoms with van der Waals surface area (Å²) in [6.45, 7) is 5.11. The van der Waals surface area contributed by atoms with Crippen LogP contribution in [-0.4, -0.2) is 32.4 Å². The highest BCUT2D eigenvalue weighted by molar-refractivity contribution is 7.89. The average molecular weight is 296 g/mol. The molecule has 1 aromatic rings.